The summed E-state index contributed by atoms with van der Waals surface area (Å²) < 4.78 is 5.72. The van der Waals surface area contributed by atoms with E-state index in [-0.39, 0.29) is 0 Å². The van der Waals surface area contributed by atoms with Gasteiger partial charge in [0.05, 0.1) is 17.7 Å². The van der Waals surface area contributed by atoms with Gasteiger partial charge in [0.2, 0.25) is 0 Å². The van der Waals surface area contributed by atoms with Crippen LogP contribution in [0.4, 0.5) is 0 Å². The molecule has 1 unspecified atom stereocenters. The van der Waals surface area contributed by atoms with Crippen LogP contribution in [0.3, 0.4) is 0 Å². The predicted octanol–water partition coefficient (Wildman–Crippen LogP) is 3.50. The van der Waals surface area contributed by atoms with E-state index in [1.807, 2.05) is 43.3 Å². The van der Waals surface area contributed by atoms with Crippen molar-refractivity contribution < 1.29 is 9.84 Å². The maximum atomic E-state index is 9.44. The van der Waals surface area contributed by atoms with E-state index in [0.29, 0.717) is 12.2 Å². The van der Waals surface area contributed by atoms with Gasteiger partial charge in [-0.05, 0) is 54.8 Å². The molecule has 2 rings (SSSR count). The number of aliphatic hydroxyl groups is 1. The Morgan fingerprint density at radius 2 is 1.90 bits per heavy atom. The monoisotopic (exact) mass is 267 g/mol. The Hall–Kier alpha value is -2.31. The van der Waals surface area contributed by atoms with Crippen molar-refractivity contribution in [1.82, 2.24) is 0 Å². The third-order valence-corrected chi connectivity index (χ3v) is 3.23. The van der Waals surface area contributed by atoms with E-state index in [0.717, 1.165) is 22.4 Å². The Morgan fingerprint density at radius 3 is 2.45 bits per heavy atom. The number of ether oxygens (including phenoxy) is 1. The van der Waals surface area contributed by atoms with Crippen LogP contribution >= 0.6 is 0 Å². The summed E-state index contributed by atoms with van der Waals surface area (Å²) in [6, 6.07) is 15.1. The lowest BCUT2D eigenvalue weighted by molar-refractivity contribution is 0.199. The Kier molecular flexibility index (Phi) is 4.39. The third kappa shape index (κ3) is 3.37. The summed E-state index contributed by atoms with van der Waals surface area (Å²) in [7, 11) is 0. The number of nitriles is 1. The highest BCUT2D eigenvalue weighted by molar-refractivity contribution is 5.37. The van der Waals surface area contributed by atoms with Gasteiger partial charge in [0.25, 0.3) is 0 Å². The summed E-state index contributed by atoms with van der Waals surface area (Å²) >= 11 is 0. The summed E-state index contributed by atoms with van der Waals surface area (Å²) in [5.74, 6) is 0.762. The Morgan fingerprint density at radius 1 is 1.20 bits per heavy atom. The molecule has 3 heteroatoms. The number of aryl methyl sites for hydroxylation is 1. The minimum absolute atomic E-state index is 0.464. The zero-order valence-corrected chi connectivity index (χ0v) is 11.6. The first-order valence-corrected chi connectivity index (χ1v) is 6.50. The fourth-order valence-corrected chi connectivity index (χ4v) is 1.93. The lowest BCUT2D eigenvalue weighted by Crippen LogP contribution is -1.99. The van der Waals surface area contributed by atoms with Gasteiger partial charge in [0, 0.05) is 0 Å². The molecular weight excluding hydrogens is 250 g/mol. The fraction of sp³-hybridized carbons (Fsp3) is 0.235. The Balaban J connectivity index is 2.03. The number of hydrogen-bond acceptors (Lipinski definition) is 3. The molecule has 0 heterocycles. The van der Waals surface area contributed by atoms with E-state index in [9.17, 15) is 5.11 Å². The molecule has 0 aromatic heterocycles. The van der Waals surface area contributed by atoms with E-state index in [4.69, 9.17) is 10.00 Å². The molecular formula is C17H17NO2. The van der Waals surface area contributed by atoms with Crippen LogP contribution in [0.5, 0.6) is 5.75 Å². The zero-order valence-electron chi connectivity index (χ0n) is 11.6. The predicted molar refractivity (Wildman–Crippen MR) is 77.3 cm³/mol. The molecule has 0 aliphatic rings. The maximum Gasteiger partial charge on any atom is 0.119 e. The van der Waals surface area contributed by atoms with Gasteiger partial charge in [0.1, 0.15) is 12.4 Å². The number of aliphatic hydroxyl groups excluding tert-OH is 1. The molecule has 0 fully saturated rings. The molecule has 20 heavy (non-hydrogen) atoms. The summed E-state index contributed by atoms with van der Waals surface area (Å²) in [5, 5.41) is 18.3. The topological polar surface area (TPSA) is 53.2 Å². The molecule has 0 aliphatic heterocycles. The largest absolute Gasteiger partial charge is 0.489 e. The lowest BCUT2D eigenvalue weighted by atomic mass is 10.1. The van der Waals surface area contributed by atoms with E-state index in [1.54, 1.807) is 13.0 Å². The van der Waals surface area contributed by atoms with Crippen LogP contribution in [0.2, 0.25) is 0 Å². The maximum absolute atomic E-state index is 9.44. The molecule has 102 valence electrons. The van der Waals surface area contributed by atoms with Crippen molar-refractivity contribution in [1.29, 1.82) is 5.26 Å². The van der Waals surface area contributed by atoms with Crippen molar-refractivity contribution in [3.05, 3.63) is 64.7 Å². The first-order valence-electron chi connectivity index (χ1n) is 6.50. The molecule has 0 saturated heterocycles. The van der Waals surface area contributed by atoms with Crippen LogP contribution in [0, 0.1) is 18.3 Å². The average molecular weight is 267 g/mol. The molecule has 0 aliphatic carbocycles. The van der Waals surface area contributed by atoms with Gasteiger partial charge in [-0.3, -0.25) is 0 Å². The van der Waals surface area contributed by atoms with E-state index in [2.05, 4.69) is 6.07 Å². The van der Waals surface area contributed by atoms with Crippen molar-refractivity contribution in [2.75, 3.05) is 0 Å². The van der Waals surface area contributed by atoms with Gasteiger partial charge in [-0.2, -0.15) is 5.26 Å². The normalized spacial score (nSPS) is 11.7. The highest BCUT2D eigenvalue weighted by Gasteiger charge is 2.03. The minimum Gasteiger partial charge on any atom is -0.489 e. The van der Waals surface area contributed by atoms with Gasteiger partial charge in [-0.15, -0.1) is 0 Å². The number of hydrogen-bond donors (Lipinski definition) is 1. The van der Waals surface area contributed by atoms with Crippen molar-refractivity contribution >= 4 is 0 Å². The van der Waals surface area contributed by atoms with Crippen molar-refractivity contribution in [3.63, 3.8) is 0 Å². The highest BCUT2D eigenvalue weighted by Crippen LogP contribution is 2.19. The van der Waals surface area contributed by atoms with Crippen LogP contribution in [-0.2, 0) is 6.61 Å². The van der Waals surface area contributed by atoms with Gasteiger partial charge >= 0.3 is 0 Å². The van der Waals surface area contributed by atoms with E-state index >= 15 is 0 Å². The van der Waals surface area contributed by atoms with E-state index in [1.165, 1.54) is 0 Å². The van der Waals surface area contributed by atoms with Gasteiger partial charge in [-0.25, -0.2) is 0 Å². The average Bonchev–Trinajstić information content (AvgIpc) is 2.46. The summed E-state index contributed by atoms with van der Waals surface area (Å²) in [4.78, 5) is 0. The molecule has 1 N–H and O–H groups in total. The van der Waals surface area contributed by atoms with Gasteiger partial charge < -0.3 is 9.84 Å². The third-order valence-electron chi connectivity index (χ3n) is 3.23. The Bertz CT molecular complexity index is 624. The summed E-state index contributed by atoms with van der Waals surface area (Å²) in [5.41, 5.74) is 3.63. The van der Waals surface area contributed by atoms with Gasteiger partial charge in [-0.1, -0.05) is 18.2 Å². The molecule has 0 saturated carbocycles. The molecule has 0 bridgehead atoms. The SMILES string of the molecule is Cc1cc(C#N)ccc1COc1ccc(C(C)O)cc1. The molecule has 0 radical (unpaired) electrons. The lowest BCUT2D eigenvalue weighted by Gasteiger charge is -2.10. The molecule has 0 spiro atoms. The van der Waals surface area contributed by atoms with Crippen molar-refractivity contribution in [3.8, 4) is 11.8 Å². The molecule has 2 aromatic rings. The van der Waals surface area contributed by atoms with E-state index < -0.39 is 6.10 Å². The van der Waals surface area contributed by atoms with Crippen molar-refractivity contribution in [2.24, 2.45) is 0 Å². The summed E-state index contributed by atoms with van der Waals surface area (Å²) in [6.45, 7) is 4.16. The van der Waals surface area contributed by atoms with Crippen LogP contribution in [0.1, 0.15) is 35.3 Å². The molecule has 1 atom stereocenters. The molecule has 0 amide bonds. The second-order valence-corrected chi connectivity index (χ2v) is 4.79. The molecule has 2 aromatic carbocycles. The Labute approximate surface area is 119 Å². The number of rotatable bonds is 4. The van der Waals surface area contributed by atoms with Gasteiger partial charge in [0.15, 0.2) is 0 Å². The van der Waals surface area contributed by atoms with Crippen LogP contribution in [0.25, 0.3) is 0 Å². The quantitative estimate of drug-likeness (QED) is 0.922. The van der Waals surface area contributed by atoms with Crippen LogP contribution in [-0.4, -0.2) is 5.11 Å². The second kappa shape index (κ2) is 6.23. The van der Waals surface area contributed by atoms with Crippen molar-refractivity contribution in [2.45, 2.75) is 26.6 Å². The first-order chi connectivity index (χ1) is 9.60. The summed E-state index contributed by atoms with van der Waals surface area (Å²) in [6.07, 6.45) is -0.468. The smallest absolute Gasteiger partial charge is 0.119 e. The fourth-order valence-electron chi connectivity index (χ4n) is 1.93. The zero-order chi connectivity index (χ0) is 14.5. The second-order valence-electron chi connectivity index (χ2n) is 4.79. The standard InChI is InChI=1S/C17H17NO2/c1-12-9-14(10-18)3-4-16(12)11-20-17-7-5-15(6-8-17)13(2)19/h3-9,13,19H,11H2,1-2H3. The highest BCUT2D eigenvalue weighted by atomic mass is 16.5. The first kappa shape index (κ1) is 14.1. The van der Waals surface area contributed by atoms with Crippen LogP contribution in [0.15, 0.2) is 42.5 Å². The van der Waals surface area contributed by atoms with Crippen LogP contribution < -0.4 is 4.74 Å². The minimum atomic E-state index is -0.468. The molecule has 3 nitrogen and oxygen atoms in total. The number of benzene rings is 2. The number of nitrogens with zero attached hydrogens (tertiary/aromatic N) is 1.